The van der Waals surface area contributed by atoms with Gasteiger partial charge < -0.3 is 14.6 Å². The Bertz CT molecular complexity index is 512. The molecule has 5 heteroatoms. The zero-order chi connectivity index (χ0) is 14.8. The molecule has 2 atom stereocenters. The first-order valence-corrected chi connectivity index (χ1v) is 8.19. The normalized spacial score (nSPS) is 24.9. The summed E-state index contributed by atoms with van der Waals surface area (Å²) < 4.78 is 5.59. The summed E-state index contributed by atoms with van der Waals surface area (Å²) in [5, 5.41) is 3.51. The van der Waals surface area contributed by atoms with E-state index < -0.39 is 0 Å². The summed E-state index contributed by atoms with van der Waals surface area (Å²) in [5.41, 5.74) is 1.23. The monoisotopic (exact) mass is 417 g/mol. The van der Waals surface area contributed by atoms with Gasteiger partial charge in [0.2, 0.25) is 0 Å². The van der Waals surface area contributed by atoms with E-state index in [9.17, 15) is 0 Å². The highest BCUT2D eigenvalue weighted by Crippen LogP contribution is 2.35. The minimum absolute atomic E-state index is 0. The Morgan fingerprint density at radius 3 is 2.41 bits per heavy atom. The van der Waals surface area contributed by atoms with Gasteiger partial charge in [-0.25, -0.2) is 0 Å². The third-order valence-corrected chi connectivity index (χ3v) is 5.07. The molecule has 3 rings (SSSR count). The molecular weight excluding hydrogens is 389 g/mol. The fourth-order valence-electron chi connectivity index (χ4n) is 3.94. The Kier molecular flexibility index (Phi) is 6.17. The van der Waals surface area contributed by atoms with E-state index >= 15 is 0 Å². The second-order valence-corrected chi connectivity index (χ2v) is 6.55. The number of fused-ring (bicyclic) bond motifs is 1. The lowest BCUT2D eigenvalue weighted by atomic mass is 9.82. The molecule has 1 saturated heterocycles. The van der Waals surface area contributed by atoms with Gasteiger partial charge in [0.15, 0.2) is 5.96 Å². The van der Waals surface area contributed by atoms with Crippen LogP contribution in [-0.2, 0) is 6.54 Å². The quantitative estimate of drug-likeness (QED) is 0.453. The van der Waals surface area contributed by atoms with Gasteiger partial charge in [0.05, 0.1) is 0 Å². The van der Waals surface area contributed by atoms with Crippen LogP contribution in [0.25, 0.3) is 0 Å². The molecule has 1 N–H and O–H groups in total. The Balaban J connectivity index is 0.00000176. The smallest absolute Gasteiger partial charge is 0.193 e. The highest BCUT2D eigenvalue weighted by molar-refractivity contribution is 14.0. The van der Waals surface area contributed by atoms with Gasteiger partial charge in [0, 0.05) is 32.2 Å². The fraction of sp³-hybridized carbons (Fsp3) is 0.706. The average Bonchev–Trinajstić information content (AvgIpc) is 3.03. The number of hydrogen-bond donors (Lipinski definition) is 1. The molecule has 4 nitrogen and oxygen atoms in total. The van der Waals surface area contributed by atoms with Crippen LogP contribution in [0.5, 0.6) is 0 Å². The number of likely N-dealkylation sites (tertiary alicyclic amines) is 1. The van der Waals surface area contributed by atoms with Crippen molar-refractivity contribution < 1.29 is 4.42 Å². The molecule has 0 radical (unpaired) electrons. The predicted molar refractivity (Wildman–Crippen MR) is 101 cm³/mol. The maximum absolute atomic E-state index is 5.59. The topological polar surface area (TPSA) is 40.8 Å². The van der Waals surface area contributed by atoms with Gasteiger partial charge in [-0.05, 0) is 44.6 Å². The first kappa shape index (κ1) is 17.6. The average molecular weight is 417 g/mol. The Morgan fingerprint density at radius 2 is 1.91 bits per heavy atom. The minimum Gasteiger partial charge on any atom is -0.466 e. The molecule has 1 saturated carbocycles. The van der Waals surface area contributed by atoms with Gasteiger partial charge in [0.1, 0.15) is 11.5 Å². The van der Waals surface area contributed by atoms with Crippen molar-refractivity contribution in [3.63, 3.8) is 0 Å². The van der Waals surface area contributed by atoms with E-state index in [2.05, 4.69) is 21.3 Å². The summed E-state index contributed by atoms with van der Waals surface area (Å²) in [7, 11) is 1.89. The number of nitrogens with zero attached hydrogens (tertiary/aromatic N) is 2. The number of hydrogen-bond acceptors (Lipinski definition) is 2. The van der Waals surface area contributed by atoms with Gasteiger partial charge in [-0.2, -0.15) is 0 Å². The molecule has 1 aromatic heterocycles. The number of rotatable bonds is 2. The van der Waals surface area contributed by atoms with Crippen LogP contribution in [-0.4, -0.2) is 31.0 Å². The van der Waals surface area contributed by atoms with Crippen molar-refractivity contribution in [3.8, 4) is 0 Å². The van der Waals surface area contributed by atoms with Crippen molar-refractivity contribution in [2.45, 2.75) is 46.1 Å². The van der Waals surface area contributed by atoms with E-state index in [1.54, 1.807) is 0 Å². The third-order valence-electron chi connectivity index (χ3n) is 5.07. The number of nitrogens with one attached hydrogen (secondary N) is 1. The van der Waals surface area contributed by atoms with Crippen molar-refractivity contribution in [3.05, 3.63) is 23.2 Å². The molecule has 1 aliphatic carbocycles. The lowest BCUT2D eigenvalue weighted by molar-refractivity contribution is 0.299. The molecular formula is C17H28IN3O. The van der Waals surface area contributed by atoms with Crippen LogP contribution >= 0.6 is 24.0 Å². The number of aryl methyl sites for hydroxylation is 2. The van der Waals surface area contributed by atoms with Gasteiger partial charge in [-0.3, -0.25) is 4.99 Å². The molecule has 0 spiro atoms. The van der Waals surface area contributed by atoms with Crippen molar-refractivity contribution in [1.82, 2.24) is 10.2 Å². The number of aliphatic imine (C=N–C) groups is 1. The molecule has 0 amide bonds. The summed E-state index contributed by atoms with van der Waals surface area (Å²) in [6.45, 7) is 7.16. The van der Waals surface area contributed by atoms with Gasteiger partial charge in [-0.15, -0.1) is 24.0 Å². The molecule has 2 fully saturated rings. The summed E-state index contributed by atoms with van der Waals surface area (Å²) in [5.74, 6) is 4.80. The largest absolute Gasteiger partial charge is 0.466 e. The van der Waals surface area contributed by atoms with Crippen molar-refractivity contribution in [1.29, 1.82) is 0 Å². The molecule has 22 heavy (non-hydrogen) atoms. The zero-order valence-electron chi connectivity index (χ0n) is 13.9. The van der Waals surface area contributed by atoms with Gasteiger partial charge >= 0.3 is 0 Å². The molecule has 0 bridgehead atoms. The lowest BCUT2D eigenvalue weighted by Gasteiger charge is -2.22. The van der Waals surface area contributed by atoms with E-state index in [0.29, 0.717) is 0 Å². The lowest BCUT2D eigenvalue weighted by Crippen LogP contribution is -2.39. The number of guanidine groups is 1. The Labute approximate surface area is 150 Å². The van der Waals surface area contributed by atoms with E-state index in [1.165, 1.54) is 44.3 Å². The summed E-state index contributed by atoms with van der Waals surface area (Å²) >= 11 is 0. The molecule has 124 valence electrons. The standard InChI is InChI=1S/C17H27N3O.HI/c1-12-8-16(13(2)21-12)9-19-17(18-3)20-10-14-6-4-5-7-15(14)11-20;/h8,14-15H,4-7,9-11H2,1-3H3,(H,18,19);1H. The van der Waals surface area contributed by atoms with Crippen LogP contribution < -0.4 is 5.32 Å². The van der Waals surface area contributed by atoms with Gasteiger partial charge in [0.25, 0.3) is 0 Å². The maximum atomic E-state index is 5.59. The molecule has 1 aliphatic heterocycles. The first-order valence-electron chi connectivity index (χ1n) is 8.19. The fourth-order valence-corrected chi connectivity index (χ4v) is 3.94. The van der Waals surface area contributed by atoms with E-state index in [0.717, 1.165) is 35.9 Å². The van der Waals surface area contributed by atoms with Crippen molar-refractivity contribution >= 4 is 29.9 Å². The SMILES string of the molecule is CN=C(NCc1cc(C)oc1C)N1CC2CCCCC2C1.I. The summed E-state index contributed by atoms with van der Waals surface area (Å²) in [4.78, 5) is 6.93. The highest BCUT2D eigenvalue weighted by atomic mass is 127. The first-order chi connectivity index (χ1) is 10.2. The second-order valence-electron chi connectivity index (χ2n) is 6.55. The summed E-state index contributed by atoms with van der Waals surface area (Å²) in [6.07, 6.45) is 5.62. The molecule has 1 aromatic rings. The van der Waals surface area contributed by atoms with Crippen LogP contribution in [0.15, 0.2) is 15.5 Å². The number of halogens is 1. The third kappa shape index (κ3) is 3.78. The predicted octanol–water partition coefficient (Wildman–Crippen LogP) is 3.71. The van der Waals surface area contributed by atoms with Crippen molar-refractivity contribution in [2.24, 2.45) is 16.8 Å². The Hall–Kier alpha value is -0.720. The van der Waals surface area contributed by atoms with Crippen LogP contribution in [0.4, 0.5) is 0 Å². The van der Waals surface area contributed by atoms with E-state index in [1.807, 2.05) is 20.9 Å². The molecule has 2 heterocycles. The van der Waals surface area contributed by atoms with Crippen LogP contribution in [0.3, 0.4) is 0 Å². The number of furan rings is 1. The summed E-state index contributed by atoms with van der Waals surface area (Å²) in [6, 6.07) is 2.11. The van der Waals surface area contributed by atoms with E-state index in [-0.39, 0.29) is 24.0 Å². The maximum Gasteiger partial charge on any atom is 0.193 e. The second kappa shape index (κ2) is 7.70. The van der Waals surface area contributed by atoms with Crippen molar-refractivity contribution in [2.75, 3.05) is 20.1 Å². The van der Waals surface area contributed by atoms with Crippen LogP contribution in [0, 0.1) is 25.7 Å². The van der Waals surface area contributed by atoms with Gasteiger partial charge in [-0.1, -0.05) is 12.8 Å². The highest BCUT2D eigenvalue weighted by Gasteiger charge is 2.35. The molecule has 2 unspecified atom stereocenters. The Morgan fingerprint density at radius 1 is 1.27 bits per heavy atom. The van der Waals surface area contributed by atoms with Crippen LogP contribution in [0.2, 0.25) is 0 Å². The van der Waals surface area contributed by atoms with Crippen LogP contribution in [0.1, 0.15) is 42.8 Å². The molecule has 0 aromatic carbocycles. The van der Waals surface area contributed by atoms with E-state index in [4.69, 9.17) is 4.42 Å². The molecule has 2 aliphatic rings. The minimum atomic E-state index is 0. The zero-order valence-corrected chi connectivity index (χ0v) is 16.2.